The smallest absolute Gasteiger partial charge is 0.0631 e. The molecule has 0 aliphatic carbocycles. The second-order valence-electron chi connectivity index (χ2n) is 4.14. The van der Waals surface area contributed by atoms with Crippen molar-refractivity contribution in [3.05, 3.63) is 30.6 Å². The van der Waals surface area contributed by atoms with Crippen LogP contribution in [0.2, 0.25) is 0 Å². The molecular weight excluding hydrogens is 232 g/mol. The van der Waals surface area contributed by atoms with Crippen molar-refractivity contribution in [3.8, 4) is 0 Å². The summed E-state index contributed by atoms with van der Waals surface area (Å²) in [7, 11) is 0. The van der Waals surface area contributed by atoms with Gasteiger partial charge < -0.3 is 10.8 Å². The number of nitrogens with two attached hydrogens (primary N) is 1. The van der Waals surface area contributed by atoms with Crippen LogP contribution in [0.25, 0.3) is 10.8 Å². The Hall–Kier alpha value is -1.26. The summed E-state index contributed by atoms with van der Waals surface area (Å²) in [6.07, 6.45) is 3.22. The number of aliphatic hydroxyl groups is 1. The number of thioether (sulfide) groups is 1. The average molecular weight is 248 g/mol. The molecule has 90 valence electrons. The number of anilines is 1. The molecule has 2 atom stereocenters. The topological polar surface area (TPSA) is 59.1 Å². The van der Waals surface area contributed by atoms with Gasteiger partial charge in [0.15, 0.2) is 0 Å². The van der Waals surface area contributed by atoms with Crippen LogP contribution >= 0.6 is 11.8 Å². The minimum atomic E-state index is -0.343. The predicted octanol–water partition coefficient (Wildman–Crippen LogP) is 2.68. The third-order valence-corrected chi connectivity index (χ3v) is 4.18. The van der Waals surface area contributed by atoms with E-state index in [9.17, 15) is 5.11 Å². The molecule has 0 bridgehead atoms. The molecule has 1 aromatic heterocycles. The number of nitrogen functional groups attached to an aromatic ring is 1. The number of nitrogens with zero attached hydrogens (tertiary/aromatic N) is 1. The summed E-state index contributed by atoms with van der Waals surface area (Å²) in [5, 5.41) is 11.8. The summed E-state index contributed by atoms with van der Waals surface area (Å²) in [5.74, 6) is 0. The normalized spacial score (nSPS) is 14.8. The number of hydrogen-bond donors (Lipinski definition) is 2. The van der Waals surface area contributed by atoms with Gasteiger partial charge in [-0.2, -0.15) is 0 Å². The zero-order valence-electron chi connectivity index (χ0n) is 9.92. The number of pyridine rings is 1. The van der Waals surface area contributed by atoms with Gasteiger partial charge in [0.25, 0.3) is 0 Å². The Morgan fingerprint density at radius 3 is 2.71 bits per heavy atom. The molecule has 0 aliphatic heterocycles. The molecule has 17 heavy (non-hydrogen) atoms. The van der Waals surface area contributed by atoms with Gasteiger partial charge >= 0.3 is 0 Å². The van der Waals surface area contributed by atoms with Gasteiger partial charge in [0.05, 0.1) is 6.10 Å². The van der Waals surface area contributed by atoms with E-state index >= 15 is 0 Å². The first-order chi connectivity index (χ1) is 8.09. The maximum atomic E-state index is 9.55. The van der Waals surface area contributed by atoms with Gasteiger partial charge in [-0.1, -0.05) is 6.92 Å². The molecule has 0 amide bonds. The van der Waals surface area contributed by atoms with Crippen molar-refractivity contribution in [2.75, 3.05) is 5.73 Å². The molecule has 3 nitrogen and oxygen atoms in total. The van der Waals surface area contributed by atoms with E-state index in [0.29, 0.717) is 0 Å². The zero-order chi connectivity index (χ0) is 12.4. The second kappa shape index (κ2) is 4.94. The highest BCUT2D eigenvalue weighted by Crippen LogP contribution is 2.33. The van der Waals surface area contributed by atoms with E-state index in [4.69, 9.17) is 5.73 Å². The summed E-state index contributed by atoms with van der Waals surface area (Å²) < 4.78 is 0. The van der Waals surface area contributed by atoms with E-state index in [-0.39, 0.29) is 11.4 Å². The van der Waals surface area contributed by atoms with E-state index in [1.165, 1.54) is 0 Å². The molecule has 2 rings (SSSR count). The Balaban J connectivity index is 2.45. The second-order valence-corrected chi connectivity index (χ2v) is 5.56. The molecule has 0 saturated carbocycles. The van der Waals surface area contributed by atoms with Crippen LogP contribution < -0.4 is 5.73 Å². The average Bonchev–Trinajstić information content (AvgIpc) is 2.33. The Kier molecular flexibility index (Phi) is 3.54. The lowest BCUT2D eigenvalue weighted by Crippen LogP contribution is -2.14. The van der Waals surface area contributed by atoms with Gasteiger partial charge in [0.1, 0.15) is 0 Å². The van der Waals surface area contributed by atoms with Crippen LogP contribution in [0.5, 0.6) is 0 Å². The summed E-state index contributed by atoms with van der Waals surface area (Å²) in [4.78, 5) is 5.24. The van der Waals surface area contributed by atoms with Crippen LogP contribution in [0, 0.1) is 0 Å². The van der Waals surface area contributed by atoms with Crippen LogP contribution in [0.15, 0.2) is 35.5 Å². The Morgan fingerprint density at radius 2 is 2.00 bits per heavy atom. The molecule has 3 N–H and O–H groups in total. The van der Waals surface area contributed by atoms with Crippen molar-refractivity contribution in [1.29, 1.82) is 0 Å². The van der Waals surface area contributed by atoms with Gasteiger partial charge in [-0.25, -0.2) is 0 Å². The number of fused-ring (bicyclic) bond motifs is 1. The third kappa shape index (κ3) is 2.53. The molecule has 0 aliphatic rings. The number of benzene rings is 1. The van der Waals surface area contributed by atoms with Gasteiger partial charge in [-0.3, -0.25) is 4.98 Å². The van der Waals surface area contributed by atoms with E-state index in [2.05, 4.69) is 4.98 Å². The number of rotatable bonds is 3. The van der Waals surface area contributed by atoms with Crippen LogP contribution in [0.3, 0.4) is 0 Å². The Labute approximate surface area is 105 Å². The summed E-state index contributed by atoms with van der Waals surface area (Å²) >= 11 is 1.64. The highest BCUT2D eigenvalue weighted by atomic mass is 32.2. The molecule has 2 aromatic rings. The Bertz CT molecular complexity index is 528. The van der Waals surface area contributed by atoms with E-state index in [0.717, 1.165) is 21.4 Å². The minimum absolute atomic E-state index is 0.141. The Morgan fingerprint density at radius 1 is 1.24 bits per heavy atom. The summed E-state index contributed by atoms with van der Waals surface area (Å²) in [5.41, 5.74) is 6.69. The first kappa shape index (κ1) is 12.2. The van der Waals surface area contributed by atoms with Crippen molar-refractivity contribution < 1.29 is 5.11 Å². The first-order valence-electron chi connectivity index (χ1n) is 5.56. The fourth-order valence-corrected chi connectivity index (χ4v) is 2.62. The van der Waals surface area contributed by atoms with Gasteiger partial charge in [0, 0.05) is 39.0 Å². The molecule has 1 heterocycles. The molecule has 1 aromatic carbocycles. The van der Waals surface area contributed by atoms with Gasteiger partial charge in [-0.05, 0) is 25.1 Å². The monoisotopic (exact) mass is 248 g/mol. The van der Waals surface area contributed by atoms with Crippen molar-refractivity contribution >= 4 is 28.2 Å². The highest BCUT2D eigenvalue weighted by Gasteiger charge is 2.13. The van der Waals surface area contributed by atoms with Crippen molar-refractivity contribution in [1.82, 2.24) is 4.98 Å². The minimum Gasteiger partial charge on any atom is -0.398 e. The fraction of sp³-hybridized carbons (Fsp3) is 0.308. The summed E-state index contributed by atoms with van der Waals surface area (Å²) in [6.45, 7) is 3.81. The molecule has 2 unspecified atom stereocenters. The van der Waals surface area contributed by atoms with Crippen molar-refractivity contribution in [2.24, 2.45) is 0 Å². The zero-order valence-corrected chi connectivity index (χ0v) is 10.7. The molecule has 0 fully saturated rings. The molecule has 4 heteroatoms. The fourth-order valence-electron chi connectivity index (χ4n) is 1.59. The van der Waals surface area contributed by atoms with Gasteiger partial charge in [0.2, 0.25) is 0 Å². The number of hydrogen-bond acceptors (Lipinski definition) is 4. The quantitative estimate of drug-likeness (QED) is 0.647. The predicted molar refractivity (Wildman–Crippen MR) is 73.2 cm³/mol. The number of aromatic nitrogens is 1. The maximum Gasteiger partial charge on any atom is 0.0631 e. The van der Waals surface area contributed by atoms with Gasteiger partial charge in [-0.15, -0.1) is 11.8 Å². The molecule has 0 spiro atoms. The summed E-state index contributed by atoms with van der Waals surface area (Å²) in [6, 6.07) is 5.81. The van der Waals surface area contributed by atoms with Crippen molar-refractivity contribution in [3.63, 3.8) is 0 Å². The number of aliphatic hydroxyl groups excluding tert-OH is 1. The van der Waals surface area contributed by atoms with Crippen LogP contribution in [-0.4, -0.2) is 21.4 Å². The van der Waals surface area contributed by atoms with E-state index in [1.807, 2.05) is 31.3 Å². The lowest BCUT2D eigenvalue weighted by Gasteiger charge is -2.15. The SMILES string of the molecule is CC(O)C(C)Sc1ccc(N)c2ccncc12. The standard InChI is InChI=1S/C13H16N2OS/c1-8(16)9(2)17-13-4-3-12(14)10-5-6-15-7-11(10)13/h3-9,16H,14H2,1-2H3. The van der Waals surface area contributed by atoms with Crippen LogP contribution in [0.1, 0.15) is 13.8 Å². The highest BCUT2D eigenvalue weighted by molar-refractivity contribution is 8.00. The van der Waals surface area contributed by atoms with E-state index in [1.54, 1.807) is 24.9 Å². The third-order valence-electron chi connectivity index (χ3n) is 2.80. The lowest BCUT2D eigenvalue weighted by atomic mass is 10.1. The maximum absolute atomic E-state index is 9.55. The van der Waals surface area contributed by atoms with Crippen LogP contribution in [-0.2, 0) is 0 Å². The van der Waals surface area contributed by atoms with Crippen LogP contribution in [0.4, 0.5) is 5.69 Å². The first-order valence-corrected chi connectivity index (χ1v) is 6.44. The van der Waals surface area contributed by atoms with Crippen molar-refractivity contribution in [2.45, 2.75) is 30.1 Å². The molecular formula is C13H16N2OS. The largest absolute Gasteiger partial charge is 0.398 e. The molecule has 0 radical (unpaired) electrons. The van der Waals surface area contributed by atoms with E-state index < -0.39 is 0 Å². The molecule has 0 saturated heterocycles. The lowest BCUT2D eigenvalue weighted by molar-refractivity contribution is 0.196.